The molecule has 0 aromatic heterocycles. The fourth-order valence-corrected chi connectivity index (χ4v) is 15.0. The van der Waals surface area contributed by atoms with Crippen LogP contribution in [0.4, 0.5) is 0 Å². The lowest BCUT2D eigenvalue weighted by molar-refractivity contribution is -0.145. The van der Waals surface area contributed by atoms with Crippen molar-refractivity contribution in [3.63, 3.8) is 0 Å². The van der Waals surface area contributed by atoms with Crippen LogP contribution in [0.2, 0.25) is 0 Å². The van der Waals surface area contributed by atoms with Crippen molar-refractivity contribution in [1.29, 1.82) is 0 Å². The molecule has 7 rings (SSSR count). The maximum absolute atomic E-state index is 15.4. The highest BCUT2D eigenvalue weighted by Crippen LogP contribution is 2.88. The van der Waals surface area contributed by atoms with Crippen LogP contribution >= 0.6 is 0 Å². The highest BCUT2D eigenvalue weighted by molar-refractivity contribution is 7.91. The molecule has 0 radical (unpaired) electrons. The minimum atomic E-state index is -3.96. The lowest BCUT2D eigenvalue weighted by Gasteiger charge is -2.40. The van der Waals surface area contributed by atoms with Gasteiger partial charge in [0.2, 0.25) is 33.7 Å². The lowest BCUT2D eigenvalue weighted by atomic mass is 9.73. The van der Waals surface area contributed by atoms with Crippen molar-refractivity contribution in [2.24, 2.45) is 33.5 Å². The largest absolute Gasteiger partial charge is 0.343 e. The lowest BCUT2D eigenvalue weighted by Crippen LogP contribution is -2.63. The molecule has 2 heterocycles. The molecule has 61 heavy (non-hydrogen) atoms. The van der Waals surface area contributed by atoms with Crippen molar-refractivity contribution < 1.29 is 32.4 Å². The van der Waals surface area contributed by atoms with E-state index in [4.69, 9.17) is 0 Å². The summed E-state index contributed by atoms with van der Waals surface area (Å²) in [6, 6.07) is -2.84. The van der Waals surface area contributed by atoms with E-state index in [0.29, 0.717) is 51.5 Å². The summed E-state index contributed by atoms with van der Waals surface area (Å²) in [5.74, 6) is -2.28. The molecule has 14 heteroatoms. The number of nitrogens with zero attached hydrogens (tertiary/aromatic N) is 2. The number of fused-ring (bicyclic) bond motifs is 1. The molecule has 344 valence electrons. The third-order valence-electron chi connectivity index (χ3n) is 17.7. The Morgan fingerprint density at radius 1 is 0.787 bits per heavy atom. The summed E-state index contributed by atoms with van der Waals surface area (Å²) in [5, 5.41) is 9.47. The van der Waals surface area contributed by atoms with Crippen LogP contribution in [0.25, 0.3) is 0 Å². The van der Waals surface area contributed by atoms with Crippen LogP contribution in [-0.2, 0) is 34.0 Å². The van der Waals surface area contributed by atoms with Crippen molar-refractivity contribution in [3.8, 4) is 0 Å². The summed E-state index contributed by atoms with van der Waals surface area (Å²) >= 11 is 0. The molecule has 13 nitrogen and oxygen atoms in total. The van der Waals surface area contributed by atoms with Crippen molar-refractivity contribution in [2.75, 3.05) is 13.1 Å². The quantitative estimate of drug-likeness (QED) is 0.162. The molecular weight excluding hydrogens is 793 g/mol. The molecule has 0 aromatic rings. The minimum Gasteiger partial charge on any atom is -0.343 e. The summed E-state index contributed by atoms with van der Waals surface area (Å²) in [7, 11) is -3.96. The van der Waals surface area contributed by atoms with Gasteiger partial charge in [0.1, 0.15) is 23.7 Å². The number of nitrogens with one attached hydrogen (secondary N) is 4. The van der Waals surface area contributed by atoms with Gasteiger partial charge in [-0.05, 0) is 119 Å². The normalized spacial score (nSPS) is 32.4. The van der Waals surface area contributed by atoms with E-state index in [1.807, 2.05) is 34.6 Å². The van der Waals surface area contributed by atoms with Crippen LogP contribution in [0.1, 0.15) is 178 Å². The standard InChI is InChI=1S/C47H78N6O7S/c1-10-21-44(24-25-44)61(59,60)51-41(58)47(27-32(47)11-2)50-38(55)34-28-46(43(8,9)45(46)22-17-23-45)29-53(34)40(57)36(42(5,6)7)49-39(56)35(31-18-13-12-14-19-31)48-37(54)33-20-15-16-26-52(33)30(3)4/h30-36H,10-29H2,1-9H3,(H,48,54)(H,49,56)(H,50,55)(H,51,58)/t32-,33+,34+,35+,36-,46-,47?/m1/s1. The van der Waals surface area contributed by atoms with E-state index in [9.17, 15) is 27.6 Å². The third-order valence-corrected chi connectivity index (χ3v) is 19.9. The zero-order valence-electron chi connectivity index (χ0n) is 38.8. The molecule has 7 fully saturated rings. The van der Waals surface area contributed by atoms with Crippen LogP contribution in [0, 0.1) is 33.5 Å². The van der Waals surface area contributed by atoms with Gasteiger partial charge < -0.3 is 20.9 Å². The van der Waals surface area contributed by atoms with E-state index in [-0.39, 0.29) is 57.9 Å². The van der Waals surface area contributed by atoms with E-state index >= 15 is 4.79 Å². The number of carbonyl (C=O) groups is 5. The first kappa shape index (κ1) is 46.3. The van der Waals surface area contributed by atoms with Gasteiger partial charge in [0.15, 0.2) is 0 Å². The van der Waals surface area contributed by atoms with Gasteiger partial charge in [-0.25, -0.2) is 8.42 Å². The fourth-order valence-electron chi connectivity index (χ4n) is 13.3. The van der Waals surface area contributed by atoms with Crippen molar-refractivity contribution >= 4 is 39.6 Å². The highest BCUT2D eigenvalue weighted by Gasteiger charge is 2.85. The van der Waals surface area contributed by atoms with Gasteiger partial charge >= 0.3 is 0 Å². The van der Waals surface area contributed by atoms with Gasteiger partial charge in [0.05, 0.1) is 10.8 Å². The van der Waals surface area contributed by atoms with E-state index in [1.165, 1.54) is 0 Å². The second kappa shape index (κ2) is 16.4. The average molecular weight is 871 g/mol. The monoisotopic (exact) mass is 871 g/mol. The summed E-state index contributed by atoms with van der Waals surface area (Å²) in [4.78, 5) is 77.1. The molecule has 5 amide bonds. The number of likely N-dealkylation sites (tertiary alicyclic amines) is 2. The Kier molecular flexibility index (Phi) is 12.4. The van der Waals surface area contributed by atoms with Crippen molar-refractivity contribution in [3.05, 3.63) is 0 Å². The maximum atomic E-state index is 15.4. The van der Waals surface area contributed by atoms with Crippen LogP contribution in [0.5, 0.6) is 0 Å². The van der Waals surface area contributed by atoms with Gasteiger partial charge in [-0.2, -0.15) is 0 Å². The van der Waals surface area contributed by atoms with Crippen LogP contribution in [0.15, 0.2) is 0 Å². The number of carbonyl (C=O) groups excluding carboxylic acids is 5. The zero-order valence-corrected chi connectivity index (χ0v) is 39.7. The Labute approximate surface area is 366 Å². The fraction of sp³-hybridized carbons (Fsp3) is 0.894. The molecule has 5 saturated carbocycles. The molecule has 2 aliphatic heterocycles. The smallest absolute Gasteiger partial charge is 0.259 e. The Bertz CT molecular complexity index is 1850. The first-order valence-corrected chi connectivity index (χ1v) is 25.6. The Hall–Kier alpha value is -2.74. The SMILES string of the molecule is CCCC1(S(=O)(=O)NC(=O)C2(NC(=O)[C@@H]3C[C@@]4(CN3C(=O)[C@@H](NC(=O)[C@@H](NC(=O)[C@@H]3CCCCN3C(C)C)C3CCCCC3)C(C)(C)C)C(C)(C)C43CCC3)C[C@H]2CC)CC1. The Morgan fingerprint density at radius 2 is 1.44 bits per heavy atom. The van der Waals surface area contributed by atoms with Crippen LogP contribution in [0.3, 0.4) is 0 Å². The number of piperidine rings is 1. The second-order valence-corrected chi connectivity index (χ2v) is 24.6. The third kappa shape index (κ3) is 7.74. The first-order chi connectivity index (χ1) is 28.6. The number of sulfonamides is 1. The van der Waals surface area contributed by atoms with Crippen molar-refractivity contribution in [1.82, 2.24) is 30.5 Å². The van der Waals surface area contributed by atoms with Gasteiger partial charge in [0, 0.05) is 18.0 Å². The van der Waals surface area contributed by atoms with Gasteiger partial charge in [-0.1, -0.05) is 93.4 Å². The maximum Gasteiger partial charge on any atom is 0.259 e. The molecule has 7 atom stereocenters. The van der Waals surface area contributed by atoms with E-state index in [1.54, 1.807) is 4.90 Å². The molecule has 1 unspecified atom stereocenters. The highest BCUT2D eigenvalue weighted by atomic mass is 32.2. The van der Waals surface area contributed by atoms with E-state index < -0.39 is 55.7 Å². The number of rotatable bonds is 15. The average Bonchev–Trinajstić information content (AvgIpc) is 4.13. The molecule has 7 aliphatic rings. The van der Waals surface area contributed by atoms with Gasteiger partial charge in [-0.15, -0.1) is 0 Å². The zero-order chi connectivity index (χ0) is 44.6. The number of amides is 5. The molecular formula is C47H78N6O7S. The van der Waals surface area contributed by atoms with Crippen LogP contribution < -0.4 is 20.7 Å². The summed E-state index contributed by atoms with van der Waals surface area (Å²) in [5.41, 5.74) is -2.58. The van der Waals surface area contributed by atoms with E-state index in [2.05, 4.69) is 53.3 Å². The molecule has 5 aliphatic carbocycles. The topological polar surface area (TPSA) is 174 Å². The predicted octanol–water partition coefficient (Wildman–Crippen LogP) is 5.71. The molecule has 4 N–H and O–H groups in total. The summed E-state index contributed by atoms with van der Waals surface area (Å²) < 4.78 is 28.6. The second-order valence-electron chi connectivity index (χ2n) is 22.5. The van der Waals surface area contributed by atoms with E-state index in [0.717, 1.165) is 77.2 Å². The van der Waals surface area contributed by atoms with Gasteiger partial charge in [0.25, 0.3) is 5.91 Å². The first-order valence-electron chi connectivity index (χ1n) is 24.1. The number of hydrogen-bond acceptors (Lipinski definition) is 8. The summed E-state index contributed by atoms with van der Waals surface area (Å²) in [6.07, 6.45) is 14.0. The number of hydrogen-bond donors (Lipinski definition) is 4. The molecule has 2 spiro atoms. The minimum absolute atomic E-state index is 0.0000795. The molecule has 0 aromatic carbocycles. The molecule has 2 saturated heterocycles. The molecule has 0 bridgehead atoms. The van der Waals surface area contributed by atoms with Crippen molar-refractivity contribution in [2.45, 2.75) is 218 Å². The Morgan fingerprint density at radius 3 is 1.97 bits per heavy atom. The Balaban J connectivity index is 1.15. The van der Waals surface area contributed by atoms with Crippen LogP contribution in [-0.4, -0.2) is 101 Å². The van der Waals surface area contributed by atoms with Gasteiger partial charge in [-0.3, -0.25) is 33.6 Å². The summed E-state index contributed by atoms with van der Waals surface area (Å²) in [6.45, 7) is 19.5. The predicted molar refractivity (Wildman–Crippen MR) is 235 cm³/mol.